The molecule has 3 fully saturated rings. The first-order valence-corrected chi connectivity index (χ1v) is 8.74. The number of thioether (sulfide) groups is 1. The molecule has 4 unspecified atom stereocenters. The van der Waals surface area contributed by atoms with Gasteiger partial charge in [-0.1, -0.05) is 19.8 Å². The Balaban J connectivity index is 1.74. The van der Waals surface area contributed by atoms with Gasteiger partial charge in [0.1, 0.15) is 0 Å². The minimum Gasteiger partial charge on any atom is -0.389 e. The second-order valence-corrected chi connectivity index (χ2v) is 7.77. The van der Waals surface area contributed by atoms with Gasteiger partial charge in [-0.15, -0.1) is 0 Å². The molecule has 18 heavy (non-hydrogen) atoms. The van der Waals surface area contributed by atoms with Crippen LogP contribution in [-0.4, -0.2) is 34.4 Å². The molecule has 0 radical (unpaired) electrons. The van der Waals surface area contributed by atoms with Crippen molar-refractivity contribution in [3.8, 4) is 0 Å². The van der Waals surface area contributed by atoms with E-state index in [2.05, 4.69) is 6.92 Å². The van der Waals surface area contributed by atoms with Crippen LogP contribution in [0.15, 0.2) is 0 Å². The molecule has 3 rings (SSSR count). The SMILES string of the molecule is CC1CCCCC1(O)C1CCOC2(CCSC2)C1. The van der Waals surface area contributed by atoms with E-state index in [-0.39, 0.29) is 5.60 Å². The first kappa shape index (κ1) is 13.3. The summed E-state index contributed by atoms with van der Waals surface area (Å²) in [6.45, 7) is 3.12. The molecule has 3 heteroatoms. The van der Waals surface area contributed by atoms with Crippen LogP contribution in [0.1, 0.15) is 51.9 Å². The molecule has 1 aliphatic carbocycles. The molecule has 0 aromatic rings. The first-order valence-electron chi connectivity index (χ1n) is 7.59. The van der Waals surface area contributed by atoms with Crippen molar-refractivity contribution in [2.24, 2.45) is 11.8 Å². The van der Waals surface area contributed by atoms with Crippen LogP contribution in [0.25, 0.3) is 0 Å². The number of hydrogen-bond donors (Lipinski definition) is 1. The molecule has 2 aliphatic heterocycles. The van der Waals surface area contributed by atoms with Crippen LogP contribution in [-0.2, 0) is 4.74 Å². The van der Waals surface area contributed by atoms with Gasteiger partial charge in [0.2, 0.25) is 0 Å². The third-order valence-electron chi connectivity index (χ3n) is 5.58. The summed E-state index contributed by atoms with van der Waals surface area (Å²) in [6, 6.07) is 0. The monoisotopic (exact) mass is 270 g/mol. The predicted molar refractivity (Wildman–Crippen MR) is 75.9 cm³/mol. The molecule has 3 aliphatic rings. The number of hydrogen-bond acceptors (Lipinski definition) is 3. The van der Waals surface area contributed by atoms with Crippen molar-refractivity contribution >= 4 is 11.8 Å². The highest BCUT2D eigenvalue weighted by Gasteiger charge is 2.49. The van der Waals surface area contributed by atoms with Gasteiger partial charge in [0.25, 0.3) is 0 Å². The Bertz CT molecular complexity index is 301. The van der Waals surface area contributed by atoms with Gasteiger partial charge in [-0.25, -0.2) is 0 Å². The largest absolute Gasteiger partial charge is 0.389 e. The fourth-order valence-electron chi connectivity index (χ4n) is 4.28. The van der Waals surface area contributed by atoms with E-state index in [1.807, 2.05) is 11.8 Å². The van der Waals surface area contributed by atoms with Gasteiger partial charge in [-0.2, -0.15) is 11.8 Å². The van der Waals surface area contributed by atoms with E-state index in [9.17, 15) is 5.11 Å². The maximum Gasteiger partial charge on any atom is 0.0784 e. The Labute approximate surface area is 115 Å². The van der Waals surface area contributed by atoms with Crippen LogP contribution in [0, 0.1) is 11.8 Å². The molecule has 1 spiro atoms. The van der Waals surface area contributed by atoms with Crippen LogP contribution >= 0.6 is 11.8 Å². The van der Waals surface area contributed by atoms with E-state index in [4.69, 9.17) is 4.74 Å². The molecule has 2 nitrogen and oxygen atoms in total. The summed E-state index contributed by atoms with van der Waals surface area (Å²) in [5.41, 5.74) is -0.289. The maximum absolute atomic E-state index is 11.1. The van der Waals surface area contributed by atoms with Crippen LogP contribution in [0.3, 0.4) is 0 Å². The Kier molecular flexibility index (Phi) is 3.68. The van der Waals surface area contributed by atoms with Crippen LogP contribution < -0.4 is 0 Å². The van der Waals surface area contributed by atoms with Gasteiger partial charge in [0.15, 0.2) is 0 Å². The smallest absolute Gasteiger partial charge is 0.0784 e. The van der Waals surface area contributed by atoms with Crippen molar-refractivity contribution in [2.75, 3.05) is 18.1 Å². The van der Waals surface area contributed by atoms with Crippen molar-refractivity contribution in [1.82, 2.24) is 0 Å². The summed E-state index contributed by atoms with van der Waals surface area (Å²) >= 11 is 2.02. The third kappa shape index (κ3) is 2.23. The van der Waals surface area contributed by atoms with Crippen LogP contribution in [0.5, 0.6) is 0 Å². The van der Waals surface area contributed by atoms with E-state index in [1.165, 1.54) is 31.4 Å². The standard InChI is InChI=1S/C15H26O2S/c1-12-4-2-3-6-15(12,16)13-5-8-17-14(10-13)7-9-18-11-14/h12-13,16H,2-11H2,1H3. The van der Waals surface area contributed by atoms with Crippen molar-refractivity contribution in [1.29, 1.82) is 0 Å². The summed E-state index contributed by atoms with van der Waals surface area (Å²) in [5.74, 6) is 3.33. The zero-order valence-corrected chi connectivity index (χ0v) is 12.3. The van der Waals surface area contributed by atoms with Gasteiger partial charge in [0, 0.05) is 12.4 Å². The van der Waals surface area contributed by atoms with E-state index in [0.717, 1.165) is 31.6 Å². The lowest BCUT2D eigenvalue weighted by Gasteiger charge is -2.49. The van der Waals surface area contributed by atoms with E-state index in [0.29, 0.717) is 11.8 Å². The summed E-state index contributed by atoms with van der Waals surface area (Å²) in [6.07, 6.45) is 8.08. The summed E-state index contributed by atoms with van der Waals surface area (Å²) in [7, 11) is 0. The summed E-state index contributed by atoms with van der Waals surface area (Å²) in [5, 5.41) is 11.1. The molecule has 104 valence electrons. The lowest BCUT2D eigenvalue weighted by molar-refractivity contribution is -0.159. The minimum atomic E-state index is -0.401. The molecular formula is C15H26O2S. The summed E-state index contributed by atoms with van der Waals surface area (Å²) in [4.78, 5) is 0. The van der Waals surface area contributed by atoms with Crippen LogP contribution in [0.4, 0.5) is 0 Å². The number of ether oxygens (including phenoxy) is 1. The fourth-order valence-corrected chi connectivity index (χ4v) is 5.66. The van der Waals surface area contributed by atoms with Crippen LogP contribution in [0.2, 0.25) is 0 Å². The quantitative estimate of drug-likeness (QED) is 0.793. The minimum absolute atomic E-state index is 0.112. The van der Waals surface area contributed by atoms with Gasteiger partial charge in [-0.3, -0.25) is 0 Å². The van der Waals surface area contributed by atoms with E-state index >= 15 is 0 Å². The highest BCUT2D eigenvalue weighted by atomic mass is 32.2. The molecule has 0 bridgehead atoms. The Morgan fingerprint density at radius 1 is 1.22 bits per heavy atom. The molecule has 4 atom stereocenters. The highest BCUT2D eigenvalue weighted by Crippen LogP contribution is 2.48. The average Bonchev–Trinajstić information content (AvgIpc) is 2.81. The number of rotatable bonds is 1. The molecular weight excluding hydrogens is 244 g/mol. The lowest BCUT2D eigenvalue weighted by Crippen LogP contribution is -2.52. The Hall–Kier alpha value is 0.270. The molecule has 0 aromatic heterocycles. The second-order valence-electron chi connectivity index (χ2n) is 6.66. The Morgan fingerprint density at radius 2 is 2.11 bits per heavy atom. The fraction of sp³-hybridized carbons (Fsp3) is 1.00. The first-order chi connectivity index (χ1) is 8.65. The summed E-state index contributed by atoms with van der Waals surface area (Å²) < 4.78 is 6.10. The molecule has 2 saturated heterocycles. The van der Waals surface area contributed by atoms with Gasteiger partial charge in [0.05, 0.1) is 11.2 Å². The zero-order chi connectivity index (χ0) is 12.6. The molecule has 2 heterocycles. The van der Waals surface area contributed by atoms with Gasteiger partial charge < -0.3 is 9.84 Å². The number of aliphatic hydroxyl groups is 1. The van der Waals surface area contributed by atoms with Crippen molar-refractivity contribution in [2.45, 2.75) is 63.1 Å². The third-order valence-corrected chi connectivity index (χ3v) is 6.81. The van der Waals surface area contributed by atoms with Gasteiger partial charge >= 0.3 is 0 Å². The normalized spacial score (nSPS) is 49.7. The van der Waals surface area contributed by atoms with Gasteiger partial charge in [-0.05, 0) is 49.7 Å². The Morgan fingerprint density at radius 3 is 2.83 bits per heavy atom. The zero-order valence-electron chi connectivity index (χ0n) is 11.5. The molecule has 0 amide bonds. The average molecular weight is 270 g/mol. The molecule has 1 N–H and O–H groups in total. The topological polar surface area (TPSA) is 29.5 Å². The van der Waals surface area contributed by atoms with Crippen molar-refractivity contribution in [3.05, 3.63) is 0 Å². The van der Waals surface area contributed by atoms with E-state index in [1.54, 1.807) is 0 Å². The van der Waals surface area contributed by atoms with E-state index < -0.39 is 5.60 Å². The lowest BCUT2D eigenvalue weighted by atomic mass is 9.64. The maximum atomic E-state index is 11.1. The second kappa shape index (κ2) is 4.99. The predicted octanol–water partition coefficient (Wildman–Crippen LogP) is 3.23. The molecule has 1 saturated carbocycles. The highest BCUT2D eigenvalue weighted by molar-refractivity contribution is 7.99. The van der Waals surface area contributed by atoms with Crippen molar-refractivity contribution in [3.63, 3.8) is 0 Å². The van der Waals surface area contributed by atoms with Crippen molar-refractivity contribution < 1.29 is 9.84 Å². The molecule has 0 aromatic carbocycles.